The molecule has 29 heavy (non-hydrogen) atoms. The van der Waals surface area contributed by atoms with Gasteiger partial charge in [-0.2, -0.15) is 0 Å². The number of guanidine groups is 1. The number of aryl methyl sites for hydroxylation is 1. The Labute approximate surface area is 168 Å². The minimum atomic E-state index is -0.668. The fourth-order valence-electron chi connectivity index (χ4n) is 4.02. The Balaban J connectivity index is 1.67. The number of benzene rings is 1. The summed E-state index contributed by atoms with van der Waals surface area (Å²) >= 11 is 0. The summed E-state index contributed by atoms with van der Waals surface area (Å²) in [5, 5.41) is 0. The SMILES string of the molecule is COC(=O)CN1C(=O)C2C(N=C3N(c4cc(C)ccc4OC)CCN32)N(C)C1=O. The third-order valence-corrected chi connectivity index (χ3v) is 5.52. The van der Waals surface area contributed by atoms with Crippen molar-refractivity contribution >= 4 is 29.6 Å². The molecule has 1 aromatic carbocycles. The maximum absolute atomic E-state index is 13.1. The van der Waals surface area contributed by atoms with Gasteiger partial charge in [-0.25, -0.2) is 9.79 Å². The number of esters is 1. The summed E-state index contributed by atoms with van der Waals surface area (Å²) in [6, 6.07) is 4.64. The molecule has 10 heteroatoms. The summed E-state index contributed by atoms with van der Waals surface area (Å²) in [7, 11) is 4.41. The van der Waals surface area contributed by atoms with Crippen molar-refractivity contribution in [1.82, 2.24) is 14.7 Å². The molecule has 3 aliphatic rings. The molecular formula is C19H23N5O5. The molecule has 1 aromatic rings. The quantitative estimate of drug-likeness (QED) is 0.668. The molecule has 154 valence electrons. The van der Waals surface area contributed by atoms with Crippen molar-refractivity contribution in [2.45, 2.75) is 19.1 Å². The monoisotopic (exact) mass is 401 g/mol. The smallest absolute Gasteiger partial charge is 0.328 e. The number of hydrogen-bond acceptors (Lipinski definition) is 8. The molecule has 0 saturated carbocycles. The van der Waals surface area contributed by atoms with Crippen LogP contribution < -0.4 is 9.64 Å². The highest BCUT2D eigenvalue weighted by molar-refractivity contribution is 6.09. The predicted octanol–water partition coefficient (Wildman–Crippen LogP) is 0.257. The van der Waals surface area contributed by atoms with Gasteiger partial charge in [0.2, 0.25) is 5.96 Å². The third kappa shape index (κ3) is 2.86. The number of amides is 3. The second kappa shape index (κ2) is 6.94. The summed E-state index contributed by atoms with van der Waals surface area (Å²) < 4.78 is 10.1. The molecule has 10 nitrogen and oxygen atoms in total. The van der Waals surface area contributed by atoms with E-state index in [1.54, 1.807) is 14.2 Å². The number of likely N-dealkylation sites (N-methyl/N-ethyl adjacent to an activating group) is 1. The molecule has 2 unspecified atom stereocenters. The minimum absolute atomic E-state index is 0.416. The van der Waals surface area contributed by atoms with Crippen molar-refractivity contribution < 1.29 is 23.9 Å². The summed E-state index contributed by atoms with van der Waals surface area (Å²) in [6.07, 6.45) is -0.641. The van der Waals surface area contributed by atoms with Crippen LogP contribution in [0.25, 0.3) is 0 Å². The largest absolute Gasteiger partial charge is 0.495 e. The van der Waals surface area contributed by atoms with Gasteiger partial charge in [-0.1, -0.05) is 6.07 Å². The molecule has 2 fully saturated rings. The molecule has 2 atom stereocenters. The number of imide groups is 1. The first-order valence-electron chi connectivity index (χ1n) is 9.29. The minimum Gasteiger partial charge on any atom is -0.495 e. The number of fused-ring (bicyclic) bond motifs is 3. The van der Waals surface area contributed by atoms with Crippen LogP contribution in [0.15, 0.2) is 23.2 Å². The van der Waals surface area contributed by atoms with Gasteiger partial charge in [0.1, 0.15) is 12.3 Å². The van der Waals surface area contributed by atoms with Crippen LogP contribution in [0.2, 0.25) is 0 Å². The number of carbonyl (C=O) groups excluding carboxylic acids is 3. The standard InChI is InChI=1S/C19H23N5O5/c1-11-5-6-13(28-3)12(9-11)22-7-8-23-15-16(20-18(22)23)21(2)19(27)24(17(15)26)10-14(25)29-4/h5-6,9,15-16H,7-8,10H2,1-4H3. The molecule has 4 rings (SSSR count). The second-order valence-corrected chi connectivity index (χ2v) is 7.20. The van der Waals surface area contributed by atoms with Gasteiger partial charge in [0.05, 0.1) is 19.9 Å². The average molecular weight is 401 g/mol. The maximum atomic E-state index is 13.1. The Morgan fingerprint density at radius 1 is 1.24 bits per heavy atom. The first-order chi connectivity index (χ1) is 13.9. The zero-order valence-electron chi connectivity index (χ0n) is 16.8. The van der Waals surface area contributed by atoms with Crippen molar-refractivity contribution in [3.63, 3.8) is 0 Å². The molecule has 0 aliphatic carbocycles. The van der Waals surface area contributed by atoms with Crippen LogP contribution >= 0.6 is 0 Å². The number of hydrogen-bond donors (Lipinski definition) is 0. The van der Waals surface area contributed by atoms with Crippen LogP contribution in [0.1, 0.15) is 5.56 Å². The lowest BCUT2D eigenvalue weighted by Crippen LogP contribution is -2.65. The number of methoxy groups -OCH3 is 2. The van der Waals surface area contributed by atoms with Crippen LogP contribution in [-0.2, 0) is 14.3 Å². The van der Waals surface area contributed by atoms with Crippen LogP contribution in [-0.4, -0.2) is 91.7 Å². The zero-order chi connectivity index (χ0) is 20.9. The van der Waals surface area contributed by atoms with Crippen molar-refractivity contribution in [3.8, 4) is 5.75 Å². The lowest BCUT2D eigenvalue weighted by atomic mass is 10.1. The number of urea groups is 1. The second-order valence-electron chi connectivity index (χ2n) is 7.20. The highest BCUT2D eigenvalue weighted by Gasteiger charge is 2.55. The molecule has 0 radical (unpaired) electrons. The van der Waals surface area contributed by atoms with Gasteiger partial charge in [-0.15, -0.1) is 0 Å². The highest BCUT2D eigenvalue weighted by atomic mass is 16.5. The molecule has 3 amide bonds. The number of rotatable bonds is 4. The highest BCUT2D eigenvalue weighted by Crippen LogP contribution is 2.37. The lowest BCUT2D eigenvalue weighted by Gasteiger charge is -2.40. The van der Waals surface area contributed by atoms with Crippen molar-refractivity contribution in [2.24, 2.45) is 4.99 Å². The summed E-state index contributed by atoms with van der Waals surface area (Å²) in [6.45, 7) is 2.77. The zero-order valence-corrected chi connectivity index (χ0v) is 16.8. The van der Waals surface area contributed by atoms with E-state index >= 15 is 0 Å². The number of anilines is 1. The Morgan fingerprint density at radius 2 is 2.00 bits per heavy atom. The Morgan fingerprint density at radius 3 is 2.69 bits per heavy atom. The summed E-state index contributed by atoms with van der Waals surface area (Å²) in [5.74, 6) is 0.237. The summed E-state index contributed by atoms with van der Waals surface area (Å²) in [4.78, 5) is 48.3. The van der Waals surface area contributed by atoms with Gasteiger partial charge >= 0.3 is 12.0 Å². The van der Waals surface area contributed by atoms with Gasteiger partial charge in [-0.05, 0) is 24.6 Å². The van der Waals surface area contributed by atoms with E-state index in [2.05, 4.69) is 4.74 Å². The maximum Gasteiger partial charge on any atom is 0.328 e. The van der Waals surface area contributed by atoms with Gasteiger partial charge in [-0.3, -0.25) is 14.5 Å². The van der Waals surface area contributed by atoms with Crippen LogP contribution in [0.5, 0.6) is 5.75 Å². The lowest BCUT2D eigenvalue weighted by molar-refractivity contribution is -0.148. The number of ether oxygens (including phenoxy) is 2. The molecule has 0 spiro atoms. The van der Waals surface area contributed by atoms with E-state index in [1.165, 1.54) is 12.0 Å². The summed E-state index contributed by atoms with van der Waals surface area (Å²) in [5.41, 5.74) is 1.93. The normalized spacial score (nSPS) is 23.2. The predicted molar refractivity (Wildman–Crippen MR) is 104 cm³/mol. The van der Waals surface area contributed by atoms with E-state index < -0.39 is 36.7 Å². The average Bonchev–Trinajstić information content (AvgIpc) is 3.28. The van der Waals surface area contributed by atoms with E-state index in [9.17, 15) is 14.4 Å². The van der Waals surface area contributed by atoms with E-state index in [0.29, 0.717) is 24.8 Å². The number of carbonyl (C=O) groups is 3. The van der Waals surface area contributed by atoms with Gasteiger partial charge in [0, 0.05) is 20.1 Å². The topological polar surface area (TPSA) is 95.0 Å². The molecule has 0 N–H and O–H groups in total. The fourth-order valence-corrected chi connectivity index (χ4v) is 4.02. The first-order valence-corrected chi connectivity index (χ1v) is 9.29. The molecule has 0 aromatic heterocycles. The van der Waals surface area contributed by atoms with E-state index in [-0.39, 0.29) is 0 Å². The molecular weight excluding hydrogens is 378 g/mol. The molecule has 3 aliphatic heterocycles. The van der Waals surface area contributed by atoms with Crippen molar-refractivity contribution in [3.05, 3.63) is 23.8 Å². The van der Waals surface area contributed by atoms with Crippen molar-refractivity contribution in [1.29, 1.82) is 0 Å². The van der Waals surface area contributed by atoms with E-state index in [4.69, 9.17) is 9.73 Å². The molecule has 2 saturated heterocycles. The van der Waals surface area contributed by atoms with Crippen LogP contribution in [0.3, 0.4) is 0 Å². The first kappa shape index (κ1) is 19.0. The molecule has 0 bridgehead atoms. The van der Waals surface area contributed by atoms with E-state index in [1.807, 2.05) is 34.9 Å². The molecule has 3 heterocycles. The van der Waals surface area contributed by atoms with Crippen LogP contribution in [0.4, 0.5) is 10.5 Å². The van der Waals surface area contributed by atoms with Gasteiger partial charge < -0.3 is 24.2 Å². The van der Waals surface area contributed by atoms with Crippen molar-refractivity contribution in [2.75, 3.05) is 45.8 Å². The number of aliphatic imine (C=N–C) groups is 1. The van der Waals surface area contributed by atoms with Crippen LogP contribution in [0, 0.1) is 6.92 Å². The van der Waals surface area contributed by atoms with Gasteiger partial charge in [0.25, 0.3) is 5.91 Å². The third-order valence-electron chi connectivity index (χ3n) is 5.52. The fraction of sp³-hybridized carbons (Fsp3) is 0.474. The number of nitrogens with zero attached hydrogens (tertiary/aromatic N) is 5. The Kier molecular flexibility index (Phi) is 4.56. The Bertz CT molecular complexity index is 916. The van der Waals surface area contributed by atoms with E-state index in [0.717, 1.165) is 16.2 Å². The van der Waals surface area contributed by atoms with Gasteiger partial charge in [0.15, 0.2) is 12.2 Å². The Hall–Kier alpha value is -3.30.